The van der Waals surface area contributed by atoms with E-state index in [0.29, 0.717) is 5.56 Å². The highest BCUT2D eigenvalue weighted by Gasteiger charge is 2.10. The van der Waals surface area contributed by atoms with E-state index in [1.807, 2.05) is 26.0 Å². The second-order valence-corrected chi connectivity index (χ2v) is 5.06. The third-order valence-electron chi connectivity index (χ3n) is 3.36. The number of aromatic nitrogens is 2. The lowest BCUT2D eigenvalue weighted by molar-refractivity contribution is -0.116. The molecule has 1 heterocycles. The van der Waals surface area contributed by atoms with E-state index in [1.54, 1.807) is 6.07 Å². The molecule has 1 amide bonds. The first kappa shape index (κ1) is 15.6. The third kappa shape index (κ3) is 4.12. The Kier molecular flexibility index (Phi) is 4.83. The van der Waals surface area contributed by atoms with Gasteiger partial charge in [-0.2, -0.15) is 0 Å². The van der Waals surface area contributed by atoms with Gasteiger partial charge in [0.25, 0.3) is 0 Å². The molecule has 0 aliphatic rings. The first-order valence-corrected chi connectivity index (χ1v) is 6.91. The normalized spacial score (nSPS) is 10.3. The molecular weight excluding hydrogens is 282 g/mol. The van der Waals surface area contributed by atoms with E-state index in [2.05, 4.69) is 15.3 Å². The number of Topliss-reactive ketones (excluding diaryl/α,β-unsaturated/α-hetero) is 1. The summed E-state index contributed by atoms with van der Waals surface area (Å²) in [4.78, 5) is 40.7. The molecule has 1 aromatic heterocycles. The lowest BCUT2D eigenvalue weighted by Crippen LogP contribution is -2.18. The Hall–Kier alpha value is -2.76. The summed E-state index contributed by atoms with van der Waals surface area (Å²) in [5.41, 5.74) is 2.23. The fraction of sp³-hybridized carbons (Fsp3) is 0.250. The summed E-state index contributed by atoms with van der Waals surface area (Å²) in [5, 5.41) is 2.52. The number of hydrogen-bond acceptors (Lipinski definition) is 4. The Balaban J connectivity index is 1.91. The van der Waals surface area contributed by atoms with Crippen molar-refractivity contribution in [1.29, 1.82) is 0 Å². The van der Waals surface area contributed by atoms with Crippen LogP contribution in [0.3, 0.4) is 0 Å². The zero-order valence-electron chi connectivity index (χ0n) is 12.5. The summed E-state index contributed by atoms with van der Waals surface area (Å²) in [5.74, 6) is -0.149. The fourth-order valence-corrected chi connectivity index (χ4v) is 1.94. The van der Waals surface area contributed by atoms with Gasteiger partial charge < -0.3 is 5.32 Å². The minimum atomic E-state index is -0.538. The molecule has 22 heavy (non-hydrogen) atoms. The molecule has 2 aromatic rings. The maximum atomic E-state index is 12.1. The Bertz CT molecular complexity index is 765. The maximum absolute atomic E-state index is 12.1. The first-order valence-electron chi connectivity index (χ1n) is 6.91. The number of anilines is 1. The van der Waals surface area contributed by atoms with E-state index in [9.17, 15) is 14.4 Å². The largest absolute Gasteiger partial charge is 0.346 e. The summed E-state index contributed by atoms with van der Waals surface area (Å²) >= 11 is 0. The van der Waals surface area contributed by atoms with Crippen molar-refractivity contribution in [3.63, 3.8) is 0 Å². The highest BCUT2D eigenvalue weighted by Crippen LogP contribution is 2.12. The van der Waals surface area contributed by atoms with Gasteiger partial charge in [0, 0.05) is 24.6 Å². The number of nitrogens with zero attached hydrogens (tertiary/aromatic N) is 1. The van der Waals surface area contributed by atoms with Gasteiger partial charge in [0.15, 0.2) is 5.78 Å². The molecule has 0 aliphatic carbocycles. The van der Waals surface area contributed by atoms with Gasteiger partial charge >= 0.3 is 5.69 Å². The molecule has 6 heteroatoms. The van der Waals surface area contributed by atoms with E-state index < -0.39 is 5.69 Å². The van der Waals surface area contributed by atoms with Crippen LogP contribution in [0.4, 0.5) is 5.82 Å². The van der Waals surface area contributed by atoms with Crippen LogP contribution >= 0.6 is 0 Å². The van der Waals surface area contributed by atoms with E-state index >= 15 is 0 Å². The van der Waals surface area contributed by atoms with Crippen molar-refractivity contribution in [3.8, 4) is 0 Å². The van der Waals surface area contributed by atoms with Crippen molar-refractivity contribution >= 4 is 17.5 Å². The van der Waals surface area contributed by atoms with Gasteiger partial charge in [-0.05, 0) is 37.1 Å². The predicted octanol–water partition coefficient (Wildman–Crippen LogP) is 1.99. The number of aromatic amines is 1. The molecule has 0 unspecified atom stereocenters. The summed E-state index contributed by atoms with van der Waals surface area (Å²) < 4.78 is 0. The zero-order chi connectivity index (χ0) is 16.1. The SMILES string of the molecule is Cc1ccc(C(=O)CCC(=O)Nc2ccnc(=O)[nH]2)cc1C. The number of nitrogens with one attached hydrogen (secondary N) is 2. The van der Waals surface area contributed by atoms with E-state index in [0.717, 1.165) is 11.1 Å². The standard InChI is InChI=1S/C16H17N3O3/c1-10-3-4-12(9-11(10)2)13(20)5-6-15(21)18-14-7-8-17-16(22)19-14/h3-4,7-9H,5-6H2,1-2H3,(H2,17,18,19,21,22). The maximum Gasteiger partial charge on any atom is 0.346 e. The van der Waals surface area contributed by atoms with Crippen molar-refractivity contribution in [2.45, 2.75) is 26.7 Å². The minimum absolute atomic E-state index is 0.0517. The van der Waals surface area contributed by atoms with Crippen molar-refractivity contribution in [2.75, 3.05) is 5.32 Å². The summed E-state index contributed by atoms with van der Waals surface area (Å²) in [6.07, 6.45) is 1.47. The van der Waals surface area contributed by atoms with E-state index in [1.165, 1.54) is 12.3 Å². The molecular formula is C16H17N3O3. The van der Waals surface area contributed by atoms with Crippen molar-refractivity contribution in [3.05, 3.63) is 57.6 Å². The smallest absolute Gasteiger partial charge is 0.312 e. The molecule has 0 saturated heterocycles. The van der Waals surface area contributed by atoms with Gasteiger partial charge in [-0.15, -0.1) is 0 Å². The van der Waals surface area contributed by atoms with Crippen LogP contribution in [0.25, 0.3) is 0 Å². The van der Waals surface area contributed by atoms with Crippen LogP contribution in [0.1, 0.15) is 34.3 Å². The number of ketones is 1. The number of amides is 1. The lowest BCUT2D eigenvalue weighted by Gasteiger charge is -2.06. The molecule has 2 N–H and O–H groups in total. The Morgan fingerprint density at radius 1 is 1.14 bits per heavy atom. The molecule has 0 fully saturated rings. The van der Waals surface area contributed by atoms with Gasteiger partial charge in [-0.1, -0.05) is 12.1 Å². The molecule has 0 saturated carbocycles. The summed E-state index contributed by atoms with van der Waals surface area (Å²) in [6, 6.07) is 6.97. The molecule has 0 radical (unpaired) electrons. The Morgan fingerprint density at radius 2 is 1.91 bits per heavy atom. The van der Waals surface area contributed by atoms with Crippen molar-refractivity contribution in [1.82, 2.24) is 9.97 Å². The number of benzene rings is 1. The highest BCUT2D eigenvalue weighted by molar-refractivity contribution is 5.99. The quantitative estimate of drug-likeness (QED) is 0.826. The molecule has 114 valence electrons. The summed E-state index contributed by atoms with van der Waals surface area (Å²) in [7, 11) is 0. The van der Waals surface area contributed by atoms with Crippen LogP contribution in [0, 0.1) is 13.8 Å². The monoisotopic (exact) mass is 299 g/mol. The van der Waals surface area contributed by atoms with Crippen LogP contribution < -0.4 is 11.0 Å². The topological polar surface area (TPSA) is 91.9 Å². The molecule has 0 aliphatic heterocycles. The van der Waals surface area contributed by atoms with Crippen LogP contribution in [0.2, 0.25) is 0 Å². The van der Waals surface area contributed by atoms with Gasteiger partial charge in [0.1, 0.15) is 5.82 Å². The van der Waals surface area contributed by atoms with Gasteiger partial charge in [0.05, 0.1) is 0 Å². The molecule has 6 nitrogen and oxygen atoms in total. The average molecular weight is 299 g/mol. The number of carbonyl (C=O) groups excluding carboxylic acids is 2. The van der Waals surface area contributed by atoms with Crippen LogP contribution in [0.5, 0.6) is 0 Å². The molecule has 0 spiro atoms. The second-order valence-electron chi connectivity index (χ2n) is 5.06. The van der Waals surface area contributed by atoms with Crippen molar-refractivity contribution < 1.29 is 9.59 Å². The van der Waals surface area contributed by atoms with Gasteiger partial charge in [0.2, 0.25) is 5.91 Å². The molecule has 0 bridgehead atoms. The van der Waals surface area contributed by atoms with E-state index in [-0.39, 0.29) is 30.3 Å². The number of rotatable bonds is 5. The molecule has 2 rings (SSSR count). The average Bonchev–Trinajstić information content (AvgIpc) is 2.47. The van der Waals surface area contributed by atoms with E-state index in [4.69, 9.17) is 0 Å². The Morgan fingerprint density at radius 3 is 2.59 bits per heavy atom. The first-order chi connectivity index (χ1) is 10.5. The summed E-state index contributed by atoms with van der Waals surface area (Å²) in [6.45, 7) is 3.92. The minimum Gasteiger partial charge on any atom is -0.312 e. The van der Waals surface area contributed by atoms with Crippen LogP contribution in [-0.4, -0.2) is 21.7 Å². The van der Waals surface area contributed by atoms with Crippen LogP contribution in [-0.2, 0) is 4.79 Å². The Labute approximate surface area is 127 Å². The van der Waals surface area contributed by atoms with Crippen molar-refractivity contribution in [2.24, 2.45) is 0 Å². The van der Waals surface area contributed by atoms with Gasteiger partial charge in [-0.3, -0.25) is 14.6 Å². The second kappa shape index (κ2) is 6.80. The number of carbonyl (C=O) groups is 2. The molecule has 1 aromatic carbocycles. The number of hydrogen-bond donors (Lipinski definition) is 2. The lowest BCUT2D eigenvalue weighted by atomic mass is 10.0. The van der Waals surface area contributed by atoms with Crippen LogP contribution in [0.15, 0.2) is 35.3 Å². The molecule has 0 atom stereocenters. The fourth-order valence-electron chi connectivity index (χ4n) is 1.94. The highest BCUT2D eigenvalue weighted by atomic mass is 16.2. The third-order valence-corrected chi connectivity index (χ3v) is 3.36. The number of aryl methyl sites for hydroxylation is 2. The van der Waals surface area contributed by atoms with Gasteiger partial charge in [-0.25, -0.2) is 9.78 Å². The zero-order valence-corrected chi connectivity index (χ0v) is 12.5. The predicted molar refractivity (Wildman–Crippen MR) is 83.0 cm³/mol. The number of H-pyrrole nitrogens is 1.